The topological polar surface area (TPSA) is 119 Å². The molecule has 0 saturated carbocycles. The molecule has 120 valence electrons. The lowest BCUT2D eigenvalue weighted by Gasteiger charge is -2.07. The van der Waals surface area contributed by atoms with Gasteiger partial charge in [-0.3, -0.25) is 14.9 Å². The van der Waals surface area contributed by atoms with Crippen molar-refractivity contribution in [3.8, 4) is 11.8 Å². The Morgan fingerprint density at radius 3 is 2.50 bits per heavy atom. The number of nitro groups is 1. The maximum absolute atomic E-state index is 12.1. The van der Waals surface area contributed by atoms with Gasteiger partial charge in [-0.25, -0.2) is 0 Å². The van der Waals surface area contributed by atoms with Gasteiger partial charge in [-0.1, -0.05) is 23.7 Å². The van der Waals surface area contributed by atoms with Crippen molar-refractivity contribution in [1.82, 2.24) is 0 Å². The van der Waals surface area contributed by atoms with Crippen molar-refractivity contribution >= 4 is 35.0 Å². The lowest BCUT2D eigenvalue weighted by atomic mass is 10.1. The molecule has 2 aromatic carbocycles. The van der Waals surface area contributed by atoms with Gasteiger partial charge in [0.15, 0.2) is 0 Å². The Kier molecular flexibility index (Phi) is 5.14. The minimum absolute atomic E-state index is 0.198. The Hall–Kier alpha value is -3.37. The number of hydrogen-bond donors (Lipinski definition) is 1. The minimum atomic E-state index is -0.820. The lowest BCUT2D eigenvalue weighted by Crippen LogP contribution is -2.13. The van der Waals surface area contributed by atoms with Crippen LogP contribution in [-0.2, 0) is 4.79 Å². The highest BCUT2D eigenvalue weighted by atomic mass is 35.5. The van der Waals surface area contributed by atoms with E-state index in [1.807, 2.05) is 0 Å². The van der Waals surface area contributed by atoms with Gasteiger partial charge in [0.25, 0.3) is 11.6 Å². The van der Waals surface area contributed by atoms with Crippen LogP contribution in [0.2, 0.25) is 5.02 Å². The molecular formula is C16H9ClN3O4-. The molecule has 0 aromatic heterocycles. The molecule has 0 radical (unpaired) electrons. The van der Waals surface area contributed by atoms with E-state index in [0.717, 1.165) is 18.2 Å². The van der Waals surface area contributed by atoms with Crippen LogP contribution in [0.1, 0.15) is 5.56 Å². The summed E-state index contributed by atoms with van der Waals surface area (Å²) in [6.07, 6.45) is 1.16. The second kappa shape index (κ2) is 7.26. The van der Waals surface area contributed by atoms with E-state index in [-0.39, 0.29) is 11.1 Å². The van der Waals surface area contributed by atoms with Crippen molar-refractivity contribution in [3.63, 3.8) is 0 Å². The van der Waals surface area contributed by atoms with Crippen LogP contribution in [0.3, 0.4) is 0 Å². The average Bonchev–Trinajstić information content (AvgIpc) is 2.55. The van der Waals surface area contributed by atoms with Gasteiger partial charge in [0.05, 0.1) is 4.92 Å². The number of rotatable bonds is 4. The molecule has 0 bridgehead atoms. The second-order valence-corrected chi connectivity index (χ2v) is 5.05. The molecule has 0 atom stereocenters. The van der Waals surface area contributed by atoms with Crippen molar-refractivity contribution in [1.29, 1.82) is 5.26 Å². The van der Waals surface area contributed by atoms with Crippen LogP contribution in [0, 0.1) is 21.4 Å². The number of anilines is 1. The fourth-order valence-corrected chi connectivity index (χ4v) is 1.94. The summed E-state index contributed by atoms with van der Waals surface area (Å²) in [6, 6.07) is 11.3. The number of nitro benzene ring substituents is 1. The third-order valence-electron chi connectivity index (χ3n) is 2.96. The van der Waals surface area contributed by atoms with Crippen LogP contribution < -0.4 is 10.4 Å². The average molecular weight is 343 g/mol. The first-order valence-corrected chi connectivity index (χ1v) is 6.92. The quantitative estimate of drug-likeness (QED) is 0.396. The SMILES string of the molecule is N#C/C(=C\c1ccc([O-])c([N+](=O)[O-])c1)C(=O)Nc1ccc(Cl)cc1. The standard InChI is InChI=1S/C16H10ClN3O4/c17-12-2-4-13(5-3-12)19-16(22)11(9-18)7-10-1-6-15(21)14(8-10)20(23)24/h1-8,21H,(H,19,22)/p-1/b11-7+. The molecule has 1 amide bonds. The molecule has 0 heterocycles. The van der Waals surface area contributed by atoms with Crippen LogP contribution in [0.15, 0.2) is 48.0 Å². The zero-order valence-electron chi connectivity index (χ0n) is 12.0. The van der Waals surface area contributed by atoms with Crippen molar-refractivity contribution in [2.45, 2.75) is 0 Å². The molecule has 8 heteroatoms. The number of carbonyl (C=O) groups is 1. The van der Waals surface area contributed by atoms with Crippen molar-refractivity contribution in [2.75, 3.05) is 5.32 Å². The summed E-state index contributed by atoms with van der Waals surface area (Å²) in [5.74, 6) is -1.44. The number of nitrogens with zero attached hydrogens (tertiary/aromatic N) is 2. The number of halogens is 1. The molecule has 0 unspecified atom stereocenters. The summed E-state index contributed by atoms with van der Waals surface area (Å²) >= 11 is 5.74. The fourth-order valence-electron chi connectivity index (χ4n) is 1.81. The van der Waals surface area contributed by atoms with E-state index in [1.165, 1.54) is 6.07 Å². The van der Waals surface area contributed by atoms with E-state index < -0.39 is 22.3 Å². The normalized spacial score (nSPS) is 10.8. The van der Waals surface area contributed by atoms with Crippen LogP contribution in [-0.4, -0.2) is 10.8 Å². The first kappa shape index (κ1) is 17.0. The smallest absolute Gasteiger partial charge is 0.266 e. The molecule has 0 spiro atoms. The van der Waals surface area contributed by atoms with Gasteiger partial charge in [-0.2, -0.15) is 5.26 Å². The summed E-state index contributed by atoms with van der Waals surface area (Å²) in [4.78, 5) is 22.0. The van der Waals surface area contributed by atoms with Crippen molar-refractivity contribution in [2.24, 2.45) is 0 Å². The Labute approximate surface area is 141 Å². The Morgan fingerprint density at radius 2 is 1.92 bits per heavy atom. The summed E-state index contributed by atoms with van der Waals surface area (Å²) in [7, 11) is 0. The number of carbonyl (C=O) groups excluding carboxylic acids is 1. The van der Waals surface area contributed by atoms with E-state index in [0.29, 0.717) is 10.7 Å². The monoisotopic (exact) mass is 342 g/mol. The number of benzene rings is 2. The van der Waals surface area contributed by atoms with E-state index in [4.69, 9.17) is 16.9 Å². The molecular weight excluding hydrogens is 334 g/mol. The van der Waals surface area contributed by atoms with E-state index >= 15 is 0 Å². The molecule has 0 aliphatic rings. The maximum Gasteiger partial charge on any atom is 0.266 e. The highest BCUT2D eigenvalue weighted by Gasteiger charge is 2.12. The molecule has 7 nitrogen and oxygen atoms in total. The van der Waals surface area contributed by atoms with Gasteiger partial charge in [0.2, 0.25) is 0 Å². The number of amides is 1. The molecule has 0 aliphatic carbocycles. The van der Waals surface area contributed by atoms with Crippen molar-refractivity contribution in [3.05, 3.63) is 68.7 Å². The molecule has 0 fully saturated rings. The summed E-state index contributed by atoms with van der Waals surface area (Å²) in [5, 5.41) is 34.2. The Morgan fingerprint density at radius 1 is 1.25 bits per heavy atom. The highest BCUT2D eigenvalue weighted by molar-refractivity contribution is 6.30. The van der Waals surface area contributed by atoms with Crippen LogP contribution in [0.25, 0.3) is 6.08 Å². The van der Waals surface area contributed by atoms with E-state index in [1.54, 1.807) is 30.3 Å². The fraction of sp³-hybridized carbons (Fsp3) is 0. The number of nitrogens with one attached hydrogen (secondary N) is 1. The predicted octanol–water partition coefficient (Wildman–Crippen LogP) is 2.87. The van der Waals surface area contributed by atoms with E-state index in [9.17, 15) is 20.0 Å². The van der Waals surface area contributed by atoms with Gasteiger partial charge in [-0.15, -0.1) is 0 Å². The Balaban J connectivity index is 2.27. The van der Waals surface area contributed by atoms with Crippen LogP contribution in [0.5, 0.6) is 5.75 Å². The third kappa shape index (κ3) is 4.09. The number of hydrogen-bond acceptors (Lipinski definition) is 5. The summed E-state index contributed by atoms with van der Waals surface area (Å²) in [5.41, 5.74) is -0.257. The summed E-state index contributed by atoms with van der Waals surface area (Å²) < 4.78 is 0. The maximum atomic E-state index is 12.1. The lowest BCUT2D eigenvalue weighted by molar-refractivity contribution is -0.398. The van der Waals surface area contributed by atoms with E-state index in [2.05, 4.69) is 5.32 Å². The molecule has 2 aromatic rings. The highest BCUT2D eigenvalue weighted by Crippen LogP contribution is 2.25. The molecule has 24 heavy (non-hydrogen) atoms. The zero-order valence-corrected chi connectivity index (χ0v) is 12.8. The first-order valence-electron chi connectivity index (χ1n) is 6.55. The van der Waals surface area contributed by atoms with Crippen molar-refractivity contribution < 1.29 is 14.8 Å². The molecule has 0 aliphatic heterocycles. The third-order valence-corrected chi connectivity index (χ3v) is 3.21. The van der Waals surface area contributed by atoms with Crippen LogP contribution in [0.4, 0.5) is 11.4 Å². The minimum Gasteiger partial charge on any atom is -0.868 e. The molecule has 2 rings (SSSR count). The van der Waals surface area contributed by atoms with Gasteiger partial charge in [0.1, 0.15) is 11.6 Å². The predicted molar refractivity (Wildman–Crippen MR) is 86.2 cm³/mol. The molecule has 0 saturated heterocycles. The first-order chi connectivity index (χ1) is 11.4. The van der Waals surface area contributed by atoms with Gasteiger partial charge in [0, 0.05) is 16.8 Å². The van der Waals surface area contributed by atoms with Crippen LogP contribution >= 0.6 is 11.6 Å². The second-order valence-electron chi connectivity index (χ2n) is 4.62. The largest absolute Gasteiger partial charge is 0.868 e. The Bertz CT molecular complexity index is 870. The summed E-state index contributed by atoms with van der Waals surface area (Å²) in [6.45, 7) is 0. The van der Waals surface area contributed by atoms with Gasteiger partial charge >= 0.3 is 0 Å². The van der Waals surface area contributed by atoms with Gasteiger partial charge in [-0.05, 0) is 41.7 Å². The van der Waals surface area contributed by atoms with Gasteiger partial charge < -0.3 is 10.4 Å². The number of nitriles is 1. The molecule has 1 N–H and O–H groups in total. The zero-order chi connectivity index (χ0) is 17.7.